The highest BCUT2D eigenvalue weighted by molar-refractivity contribution is 5.58. The number of hydrogen-bond donors (Lipinski definition) is 1. The summed E-state index contributed by atoms with van der Waals surface area (Å²) >= 11 is 0. The van der Waals surface area contributed by atoms with Gasteiger partial charge in [-0.2, -0.15) is 0 Å². The van der Waals surface area contributed by atoms with Gasteiger partial charge in [-0.1, -0.05) is 0 Å². The van der Waals surface area contributed by atoms with Crippen LogP contribution in [0.15, 0.2) is 28.7 Å². The minimum absolute atomic E-state index is 0.0812. The maximum atomic E-state index is 13.6. The maximum Gasteiger partial charge on any atom is 0.195 e. The van der Waals surface area contributed by atoms with E-state index in [4.69, 9.17) is 4.42 Å². The second kappa shape index (κ2) is 5.48. The van der Waals surface area contributed by atoms with Crippen LogP contribution in [0, 0.1) is 17.5 Å². The van der Waals surface area contributed by atoms with Crippen LogP contribution < -0.4 is 5.32 Å². The molecule has 0 bridgehead atoms. The first-order valence-corrected chi connectivity index (χ1v) is 5.92. The molecule has 0 aliphatic rings. The zero-order chi connectivity index (χ0) is 14.0. The van der Waals surface area contributed by atoms with E-state index in [2.05, 4.69) is 5.32 Å². The van der Waals surface area contributed by atoms with Crippen LogP contribution in [0.1, 0.15) is 12.7 Å². The number of rotatable bonds is 4. The van der Waals surface area contributed by atoms with E-state index in [-0.39, 0.29) is 17.4 Å². The Morgan fingerprint density at radius 1 is 1.11 bits per heavy atom. The molecule has 0 spiro atoms. The van der Waals surface area contributed by atoms with Crippen LogP contribution in [0.5, 0.6) is 0 Å². The van der Waals surface area contributed by atoms with Gasteiger partial charge in [0.25, 0.3) is 0 Å². The summed E-state index contributed by atoms with van der Waals surface area (Å²) in [6.45, 7) is 1.97. The van der Waals surface area contributed by atoms with E-state index in [0.29, 0.717) is 12.2 Å². The highest BCUT2D eigenvalue weighted by Crippen LogP contribution is 2.27. The lowest BCUT2D eigenvalue weighted by Gasteiger charge is -2.07. The SMILES string of the molecule is CNC(C)Cc1ccc(-c2ccc(F)c(F)c2F)o1. The summed E-state index contributed by atoms with van der Waals surface area (Å²) in [5.41, 5.74) is -0.0812. The highest BCUT2D eigenvalue weighted by atomic mass is 19.2. The molecular weight excluding hydrogens is 255 g/mol. The van der Waals surface area contributed by atoms with Crippen molar-refractivity contribution in [3.8, 4) is 11.3 Å². The molecule has 1 unspecified atom stereocenters. The average molecular weight is 269 g/mol. The summed E-state index contributed by atoms with van der Waals surface area (Å²) in [5, 5.41) is 3.05. The third-order valence-electron chi connectivity index (χ3n) is 2.96. The van der Waals surface area contributed by atoms with Crippen molar-refractivity contribution in [1.29, 1.82) is 0 Å². The monoisotopic (exact) mass is 269 g/mol. The molecule has 0 saturated heterocycles. The molecule has 0 amide bonds. The van der Waals surface area contributed by atoms with Crippen molar-refractivity contribution in [1.82, 2.24) is 5.32 Å². The molecule has 5 heteroatoms. The molecule has 0 aliphatic heterocycles. The van der Waals surface area contributed by atoms with Crippen molar-refractivity contribution in [3.05, 3.63) is 47.5 Å². The molecule has 0 fully saturated rings. The van der Waals surface area contributed by atoms with Crippen LogP contribution in [-0.2, 0) is 6.42 Å². The molecule has 0 saturated carbocycles. The largest absolute Gasteiger partial charge is 0.461 e. The predicted octanol–water partition coefficient (Wildman–Crippen LogP) is 3.51. The molecule has 1 aromatic carbocycles. The molecular formula is C14H14F3NO. The van der Waals surface area contributed by atoms with Crippen LogP contribution in [0.3, 0.4) is 0 Å². The van der Waals surface area contributed by atoms with Crippen molar-refractivity contribution in [2.24, 2.45) is 0 Å². The molecule has 1 N–H and O–H groups in total. The first-order chi connectivity index (χ1) is 9.02. The molecule has 102 valence electrons. The molecule has 19 heavy (non-hydrogen) atoms. The minimum Gasteiger partial charge on any atom is -0.461 e. The molecule has 1 atom stereocenters. The number of hydrogen-bond acceptors (Lipinski definition) is 2. The van der Waals surface area contributed by atoms with Gasteiger partial charge >= 0.3 is 0 Å². The van der Waals surface area contributed by atoms with E-state index in [1.165, 1.54) is 0 Å². The summed E-state index contributed by atoms with van der Waals surface area (Å²) in [4.78, 5) is 0. The second-order valence-electron chi connectivity index (χ2n) is 4.38. The number of halogens is 3. The topological polar surface area (TPSA) is 25.2 Å². The zero-order valence-electron chi connectivity index (χ0n) is 10.6. The molecule has 2 nitrogen and oxygen atoms in total. The Labute approximate surface area is 109 Å². The Morgan fingerprint density at radius 3 is 2.53 bits per heavy atom. The van der Waals surface area contributed by atoms with Crippen LogP contribution >= 0.6 is 0 Å². The fraction of sp³-hybridized carbons (Fsp3) is 0.286. The third kappa shape index (κ3) is 2.81. The van der Waals surface area contributed by atoms with Gasteiger partial charge in [0.2, 0.25) is 0 Å². The number of likely N-dealkylation sites (N-methyl/N-ethyl adjacent to an activating group) is 1. The molecule has 1 heterocycles. The van der Waals surface area contributed by atoms with E-state index in [0.717, 1.165) is 12.1 Å². The van der Waals surface area contributed by atoms with Crippen molar-refractivity contribution in [2.45, 2.75) is 19.4 Å². The smallest absolute Gasteiger partial charge is 0.195 e. The van der Waals surface area contributed by atoms with Crippen molar-refractivity contribution in [3.63, 3.8) is 0 Å². The van der Waals surface area contributed by atoms with Gasteiger partial charge in [-0.05, 0) is 38.2 Å². The highest BCUT2D eigenvalue weighted by Gasteiger charge is 2.17. The number of furan rings is 1. The molecule has 1 aromatic heterocycles. The summed E-state index contributed by atoms with van der Waals surface area (Å²) in [6, 6.07) is 5.50. The Morgan fingerprint density at radius 2 is 1.84 bits per heavy atom. The Hall–Kier alpha value is -1.75. The summed E-state index contributed by atoms with van der Waals surface area (Å²) in [6.07, 6.45) is 0.627. The van der Waals surface area contributed by atoms with Gasteiger partial charge in [0.05, 0.1) is 5.56 Å². The molecule has 0 aliphatic carbocycles. The first-order valence-electron chi connectivity index (χ1n) is 5.92. The van der Waals surface area contributed by atoms with Crippen molar-refractivity contribution in [2.75, 3.05) is 7.05 Å². The summed E-state index contributed by atoms with van der Waals surface area (Å²) in [7, 11) is 1.82. The normalized spacial score (nSPS) is 12.7. The summed E-state index contributed by atoms with van der Waals surface area (Å²) in [5.74, 6) is -3.09. The van der Waals surface area contributed by atoms with Gasteiger partial charge in [0, 0.05) is 12.5 Å². The van der Waals surface area contributed by atoms with E-state index >= 15 is 0 Å². The molecule has 2 aromatic rings. The van der Waals surface area contributed by atoms with Gasteiger partial charge in [-0.3, -0.25) is 0 Å². The van der Waals surface area contributed by atoms with Crippen LogP contribution in [0.2, 0.25) is 0 Å². The van der Waals surface area contributed by atoms with Gasteiger partial charge in [-0.25, -0.2) is 13.2 Å². The lowest BCUT2D eigenvalue weighted by Crippen LogP contribution is -2.23. The van der Waals surface area contributed by atoms with Crippen LogP contribution in [0.4, 0.5) is 13.2 Å². The molecule has 2 rings (SSSR count). The van der Waals surface area contributed by atoms with Gasteiger partial charge in [0.15, 0.2) is 17.5 Å². The van der Waals surface area contributed by atoms with Gasteiger partial charge in [-0.15, -0.1) is 0 Å². The third-order valence-corrected chi connectivity index (χ3v) is 2.96. The number of benzene rings is 1. The minimum atomic E-state index is -1.49. The van der Waals surface area contributed by atoms with Gasteiger partial charge < -0.3 is 9.73 Å². The fourth-order valence-corrected chi connectivity index (χ4v) is 1.75. The summed E-state index contributed by atoms with van der Waals surface area (Å²) < 4.78 is 45.0. The lowest BCUT2D eigenvalue weighted by atomic mass is 10.1. The second-order valence-corrected chi connectivity index (χ2v) is 4.38. The molecule has 0 radical (unpaired) electrons. The Kier molecular flexibility index (Phi) is 3.95. The predicted molar refractivity (Wildman–Crippen MR) is 66.2 cm³/mol. The maximum absolute atomic E-state index is 13.6. The fourth-order valence-electron chi connectivity index (χ4n) is 1.75. The standard InChI is InChI=1S/C14H14F3NO/c1-8(18-2)7-9-3-6-12(19-9)10-4-5-11(15)14(17)13(10)16/h3-6,8,18H,7H2,1-2H3. The lowest BCUT2D eigenvalue weighted by molar-refractivity contribution is 0.443. The van der Waals surface area contributed by atoms with Crippen LogP contribution in [-0.4, -0.2) is 13.1 Å². The van der Waals surface area contributed by atoms with E-state index < -0.39 is 17.5 Å². The van der Waals surface area contributed by atoms with Gasteiger partial charge in [0.1, 0.15) is 11.5 Å². The Balaban J connectivity index is 2.31. The van der Waals surface area contributed by atoms with Crippen molar-refractivity contribution >= 4 is 0 Å². The average Bonchev–Trinajstić information content (AvgIpc) is 2.84. The first kappa shape index (κ1) is 13.7. The van der Waals surface area contributed by atoms with Crippen molar-refractivity contribution < 1.29 is 17.6 Å². The quantitative estimate of drug-likeness (QED) is 0.859. The zero-order valence-corrected chi connectivity index (χ0v) is 10.6. The number of nitrogens with one attached hydrogen (secondary N) is 1. The van der Waals surface area contributed by atoms with E-state index in [1.807, 2.05) is 14.0 Å². The van der Waals surface area contributed by atoms with E-state index in [1.54, 1.807) is 12.1 Å². The Bertz CT molecular complexity index is 580. The van der Waals surface area contributed by atoms with E-state index in [9.17, 15) is 13.2 Å². The van der Waals surface area contributed by atoms with Crippen LogP contribution in [0.25, 0.3) is 11.3 Å².